The third-order valence-corrected chi connectivity index (χ3v) is 6.30. The second-order valence-electron chi connectivity index (χ2n) is 8.48. The fraction of sp³-hybridized carbons (Fsp3) is 0.227. The Bertz CT molecular complexity index is 1620. The molecule has 0 radical (unpaired) electrons. The Morgan fingerprint density at radius 1 is 1.11 bits per heavy atom. The van der Waals surface area contributed by atoms with Crippen LogP contribution in [0.4, 0.5) is 29.2 Å². The lowest BCUT2D eigenvalue weighted by Crippen LogP contribution is -2.30. The Labute approximate surface area is 224 Å². The van der Waals surface area contributed by atoms with Crippen LogP contribution in [0.5, 0.6) is 0 Å². The minimum Gasteiger partial charge on any atom is -0.341 e. The largest absolute Gasteiger partial charge is 0.404 e. The standard InChI is InChI=1S/C22H17ClF4N10.H2S/c1-34-19(2-3-29-34)31-18-5-15(16(23)7-28-18)12-4-17-20-32-33-21(22(26,27)37-11-13(24)6-30-37)36(20)10-14(25)9-35(17)8-12;/h2-8,11,14H,9-10H2,1H3,(H,28,31);1H2/t14-;/m0./s1. The Morgan fingerprint density at radius 3 is 2.63 bits per heavy atom. The average Bonchev–Trinajstić information content (AvgIpc) is 3.63. The highest BCUT2D eigenvalue weighted by molar-refractivity contribution is 7.59. The molecule has 1 N–H and O–H groups in total. The number of rotatable bonds is 5. The molecule has 1 atom stereocenters. The van der Waals surface area contributed by atoms with E-state index in [0.29, 0.717) is 45.9 Å². The van der Waals surface area contributed by atoms with Gasteiger partial charge in [-0.2, -0.15) is 37.2 Å². The summed E-state index contributed by atoms with van der Waals surface area (Å²) < 4.78 is 63.0. The quantitative estimate of drug-likeness (QED) is 0.318. The smallest absolute Gasteiger partial charge is 0.341 e. The van der Waals surface area contributed by atoms with Gasteiger partial charge in [-0.05, 0) is 12.1 Å². The Balaban J connectivity index is 0.00000294. The van der Waals surface area contributed by atoms with Gasteiger partial charge in [0.05, 0.1) is 42.4 Å². The van der Waals surface area contributed by atoms with Gasteiger partial charge in [0.2, 0.25) is 5.82 Å². The molecule has 16 heteroatoms. The molecule has 0 amide bonds. The minimum atomic E-state index is -3.86. The summed E-state index contributed by atoms with van der Waals surface area (Å²) in [5.41, 5.74) is 1.55. The van der Waals surface area contributed by atoms with E-state index < -0.39 is 30.4 Å². The Kier molecular flexibility index (Phi) is 6.43. The van der Waals surface area contributed by atoms with Crippen molar-refractivity contribution in [3.63, 3.8) is 0 Å². The van der Waals surface area contributed by atoms with Gasteiger partial charge < -0.3 is 9.88 Å². The topological polar surface area (TPSA) is 96.2 Å². The third-order valence-electron chi connectivity index (χ3n) is 6.00. The molecule has 0 saturated heterocycles. The predicted molar refractivity (Wildman–Crippen MR) is 135 cm³/mol. The van der Waals surface area contributed by atoms with Crippen molar-refractivity contribution in [2.24, 2.45) is 7.05 Å². The number of nitrogens with one attached hydrogen (secondary N) is 1. The Morgan fingerprint density at radius 2 is 1.92 bits per heavy atom. The lowest BCUT2D eigenvalue weighted by atomic mass is 10.1. The van der Waals surface area contributed by atoms with Gasteiger partial charge in [0.15, 0.2) is 11.6 Å². The van der Waals surface area contributed by atoms with Crippen LogP contribution in [0.1, 0.15) is 5.82 Å². The number of aryl methyl sites for hydroxylation is 1. The zero-order chi connectivity index (χ0) is 25.9. The SMILES string of the molecule is Cn1nccc1Nc1cc(-c2cc3n(c2)C[C@H](F)Cn2c-3nnc2C(F)(F)n2cc(F)cn2)c(Cl)cn1.S. The molecule has 10 nitrogen and oxygen atoms in total. The fourth-order valence-electron chi connectivity index (χ4n) is 4.27. The number of pyridine rings is 1. The van der Waals surface area contributed by atoms with Crippen molar-refractivity contribution in [1.82, 2.24) is 43.9 Å². The number of anilines is 2. The molecular formula is C22H19ClF4N10S. The van der Waals surface area contributed by atoms with Crippen molar-refractivity contribution in [3.8, 4) is 22.6 Å². The fourth-order valence-corrected chi connectivity index (χ4v) is 4.48. The molecule has 6 heterocycles. The average molecular weight is 567 g/mol. The van der Waals surface area contributed by atoms with Gasteiger partial charge in [-0.3, -0.25) is 9.25 Å². The molecule has 1 aliphatic rings. The van der Waals surface area contributed by atoms with Crippen molar-refractivity contribution in [1.29, 1.82) is 0 Å². The van der Waals surface area contributed by atoms with Gasteiger partial charge >= 0.3 is 6.05 Å². The van der Waals surface area contributed by atoms with Crippen LogP contribution in [0, 0.1) is 5.82 Å². The van der Waals surface area contributed by atoms with Gasteiger partial charge in [0.1, 0.15) is 17.8 Å². The summed E-state index contributed by atoms with van der Waals surface area (Å²) in [5.74, 6) is -0.568. The first kappa shape index (κ1) is 25.8. The van der Waals surface area contributed by atoms with Crippen LogP contribution in [0.15, 0.2) is 49.2 Å². The van der Waals surface area contributed by atoms with Crippen LogP contribution in [-0.4, -0.2) is 50.0 Å². The number of nitrogens with zero attached hydrogens (tertiary/aromatic N) is 9. The molecule has 5 aromatic rings. The van der Waals surface area contributed by atoms with Gasteiger partial charge in [0.25, 0.3) is 0 Å². The summed E-state index contributed by atoms with van der Waals surface area (Å²) in [4.78, 5) is 4.29. The van der Waals surface area contributed by atoms with Gasteiger partial charge in [-0.25, -0.2) is 13.8 Å². The molecule has 0 aromatic carbocycles. The highest BCUT2D eigenvalue weighted by Gasteiger charge is 2.43. The van der Waals surface area contributed by atoms with Crippen LogP contribution in [0.3, 0.4) is 0 Å². The summed E-state index contributed by atoms with van der Waals surface area (Å²) in [5, 5.41) is 18.5. The molecule has 0 saturated carbocycles. The van der Waals surface area contributed by atoms with Gasteiger partial charge in [0, 0.05) is 36.6 Å². The number of fused-ring (bicyclic) bond motifs is 3. The lowest BCUT2D eigenvalue weighted by molar-refractivity contribution is -0.0607. The van der Waals surface area contributed by atoms with Crippen LogP contribution >= 0.6 is 25.1 Å². The number of alkyl halides is 3. The van der Waals surface area contributed by atoms with Crippen molar-refractivity contribution >= 4 is 36.7 Å². The maximum atomic E-state index is 15.2. The maximum absolute atomic E-state index is 15.2. The summed E-state index contributed by atoms with van der Waals surface area (Å²) in [7, 11) is 1.77. The normalized spacial score (nSPS) is 14.9. The number of hydrogen-bond acceptors (Lipinski definition) is 6. The first-order valence-electron chi connectivity index (χ1n) is 11.0. The lowest BCUT2D eigenvalue weighted by Gasteiger charge is -2.17. The van der Waals surface area contributed by atoms with E-state index in [1.54, 1.807) is 46.9 Å². The molecular weight excluding hydrogens is 548 g/mol. The number of halogens is 5. The zero-order valence-electron chi connectivity index (χ0n) is 19.5. The van der Waals surface area contributed by atoms with Crippen LogP contribution in [0.25, 0.3) is 22.6 Å². The number of aromatic nitrogens is 9. The number of hydrogen-bond donors (Lipinski definition) is 1. The third kappa shape index (κ3) is 4.30. The summed E-state index contributed by atoms with van der Waals surface area (Å²) in [6.45, 7) is -0.522. The van der Waals surface area contributed by atoms with E-state index in [1.807, 2.05) is 0 Å². The van der Waals surface area contributed by atoms with Crippen molar-refractivity contribution in [3.05, 3.63) is 65.8 Å². The summed E-state index contributed by atoms with van der Waals surface area (Å²) in [6.07, 6.45) is 4.43. The molecule has 0 fully saturated rings. The monoisotopic (exact) mass is 566 g/mol. The molecule has 0 spiro atoms. The summed E-state index contributed by atoms with van der Waals surface area (Å²) in [6, 6.07) is 1.30. The van der Waals surface area contributed by atoms with Crippen LogP contribution in [-0.2, 0) is 26.2 Å². The van der Waals surface area contributed by atoms with E-state index in [-0.39, 0.29) is 30.5 Å². The first-order valence-corrected chi connectivity index (χ1v) is 11.4. The van der Waals surface area contributed by atoms with E-state index >= 15 is 8.78 Å². The summed E-state index contributed by atoms with van der Waals surface area (Å²) >= 11 is 6.44. The minimum absolute atomic E-state index is 0. The predicted octanol–water partition coefficient (Wildman–Crippen LogP) is 4.34. The molecule has 1 aliphatic heterocycles. The van der Waals surface area contributed by atoms with E-state index in [2.05, 4.69) is 30.7 Å². The molecule has 6 rings (SSSR count). The van der Waals surface area contributed by atoms with Crippen LogP contribution < -0.4 is 5.32 Å². The molecule has 198 valence electrons. The first-order chi connectivity index (χ1) is 17.7. The maximum Gasteiger partial charge on any atom is 0.404 e. The van der Waals surface area contributed by atoms with E-state index in [0.717, 1.165) is 4.57 Å². The molecule has 5 aromatic heterocycles. The van der Waals surface area contributed by atoms with E-state index in [1.165, 1.54) is 6.20 Å². The van der Waals surface area contributed by atoms with E-state index in [4.69, 9.17) is 11.6 Å². The van der Waals surface area contributed by atoms with E-state index in [9.17, 15) is 8.78 Å². The van der Waals surface area contributed by atoms with Crippen molar-refractivity contribution < 1.29 is 17.6 Å². The van der Waals surface area contributed by atoms with Crippen LogP contribution in [0.2, 0.25) is 5.02 Å². The second-order valence-corrected chi connectivity index (χ2v) is 8.89. The van der Waals surface area contributed by atoms with Crippen molar-refractivity contribution in [2.75, 3.05) is 5.32 Å². The molecule has 0 unspecified atom stereocenters. The highest BCUT2D eigenvalue weighted by atomic mass is 35.5. The zero-order valence-corrected chi connectivity index (χ0v) is 21.3. The molecule has 0 aliphatic carbocycles. The van der Waals surface area contributed by atoms with Gasteiger partial charge in [-0.1, -0.05) is 11.6 Å². The van der Waals surface area contributed by atoms with Crippen molar-refractivity contribution in [2.45, 2.75) is 25.3 Å². The van der Waals surface area contributed by atoms with Gasteiger partial charge in [-0.15, -0.1) is 10.2 Å². The Hall–Kier alpha value is -3.85. The highest BCUT2D eigenvalue weighted by Crippen LogP contribution is 2.37. The molecule has 38 heavy (non-hydrogen) atoms. The second kappa shape index (κ2) is 9.47. The molecule has 0 bridgehead atoms.